The van der Waals surface area contributed by atoms with Crippen molar-refractivity contribution in [3.05, 3.63) is 28.3 Å². The summed E-state index contributed by atoms with van der Waals surface area (Å²) in [6, 6.07) is 2.74. The Morgan fingerprint density at radius 1 is 1.40 bits per heavy atom. The minimum Gasteiger partial charge on any atom is -0.341 e. The van der Waals surface area contributed by atoms with Gasteiger partial charge in [0.05, 0.1) is 4.90 Å². The molecule has 20 heavy (non-hydrogen) atoms. The predicted octanol–water partition coefficient (Wildman–Crippen LogP) is 2.02. The van der Waals surface area contributed by atoms with Crippen LogP contribution < -0.4 is 5.14 Å². The highest BCUT2D eigenvalue weighted by molar-refractivity contribution is 7.89. The van der Waals surface area contributed by atoms with E-state index in [1.807, 2.05) is 13.8 Å². The highest BCUT2D eigenvalue weighted by Gasteiger charge is 2.20. The molecule has 5 nitrogen and oxygen atoms in total. The normalized spacial score (nSPS) is 11.8. The maximum Gasteiger partial charge on any atom is 0.253 e. The number of benzene rings is 1. The lowest BCUT2D eigenvalue weighted by Crippen LogP contribution is -2.30. The lowest BCUT2D eigenvalue weighted by Gasteiger charge is -2.20. The zero-order chi connectivity index (χ0) is 15.7. The highest BCUT2D eigenvalue weighted by atomic mass is 35.5. The summed E-state index contributed by atoms with van der Waals surface area (Å²) in [5, 5.41) is 5.35. The van der Waals surface area contributed by atoms with Crippen molar-refractivity contribution >= 4 is 27.5 Å². The number of nitrogens with zero attached hydrogens (tertiary/aromatic N) is 1. The second-order valence-electron chi connectivity index (χ2n) is 5.21. The standard InChI is InChI=1S/C13H19ClN2O3S/c1-8(2)7-16(4)13(17)10-5-11(14)9(3)12(6-10)20(15,18)19/h5-6,8H,7H2,1-4H3,(H2,15,18,19). The van der Waals surface area contributed by atoms with E-state index in [0.717, 1.165) is 0 Å². The molecule has 0 unspecified atom stereocenters. The van der Waals surface area contributed by atoms with Crippen LogP contribution in [0.5, 0.6) is 0 Å². The van der Waals surface area contributed by atoms with E-state index in [-0.39, 0.29) is 21.4 Å². The minimum atomic E-state index is -3.92. The number of sulfonamides is 1. The first-order valence-electron chi connectivity index (χ1n) is 6.12. The summed E-state index contributed by atoms with van der Waals surface area (Å²) in [5.74, 6) is 0.0214. The van der Waals surface area contributed by atoms with E-state index >= 15 is 0 Å². The minimum absolute atomic E-state index is 0.119. The molecule has 1 aromatic rings. The van der Waals surface area contributed by atoms with Crippen LogP contribution in [-0.2, 0) is 10.0 Å². The van der Waals surface area contributed by atoms with Gasteiger partial charge in [-0.05, 0) is 30.5 Å². The van der Waals surface area contributed by atoms with Crippen LogP contribution in [0, 0.1) is 12.8 Å². The Bertz CT molecular complexity index is 627. The highest BCUT2D eigenvalue weighted by Crippen LogP contribution is 2.25. The van der Waals surface area contributed by atoms with Crippen molar-refractivity contribution in [2.45, 2.75) is 25.7 Å². The summed E-state index contributed by atoms with van der Waals surface area (Å²) in [5.41, 5.74) is 0.560. The molecule has 2 N–H and O–H groups in total. The molecule has 1 amide bonds. The van der Waals surface area contributed by atoms with Gasteiger partial charge in [-0.3, -0.25) is 4.79 Å². The van der Waals surface area contributed by atoms with Crippen LogP contribution in [0.3, 0.4) is 0 Å². The topological polar surface area (TPSA) is 80.5 Å². The molecule has 0 atom stereocenters. The largest absolute Gasteiger partial charge is 0.341 e. The molecule has 0 heterocycles. The molecular weight excluding hydrogens is 300 g/mol. The van der Waals surface area contributed by atoms with E-state index in [1.54, 1.807) is 14.0 Å². The second kappa shape index (κ2) is 6.11. The maximum absolute atomic E-state index is 12.3. The summed E-state index contributed by atoms with van der Waals surface area (Å²) >= 11 is 5.99. The second-order valence-corrected chi connectivity index (χ2v) is 7.14. The Morgan fingerprint density at radius 3 is 2.40 bits per heavy atom. The van der Waals surface area contributed by atoms with E-state index in [9.17, 15) is 13.2 Å². The van der Waals surface area contributed by atoms with Crippen LogP contribution in [0.25, 0.3) is 0 Å². The van der Waals surface area contributed by atoms with Crippen molar-refractivity contribution in [2.24, 2.45) is 11.1 Å². The monoisotopic (exact) mass is 318 g/mol. The molecule has 0 aromatic heterocycles. The average Bonchev–Trinajstić information content (AvgIpc) is 2.29. The molecule has 1 rings (SSSR count). The van der Waals surface area contributed by atoms with Gasteiger partial charge in [0.15, 0.2) is 0 Å². The fourth-order valence-electron chi connectivity index (χ4n) is 1.92. The Morgan fingerprint density at radius 2 is 1.95 bits per heavy atom. The quantitative estimate of drug-likeness (QED) is 0.922. The molecule has 0 radical (unpaired) electrons. The number of primary sulfonamides is 1. The average molecular weight is 319 g/mol. The van der Waals surface area contributed by atoms with Gasteiger partial charge in [0, 0.05) is 24.2 Å². The van der Waals surface area contributed by atoms with Gasteiger partial charge < -0.3 is 4.90 Å². The zero-order valence-electron chi connectivity index (χ0n) is 12.0. The van der Waals surface area contributed by atoms with Gasteiger partial charge in [-0.2, -0.15) is 0 Å². The van der Waals surface area contributed by atoms with E-state index in [1.165, 1.54) is 17.0 Å². The third kappa shape index (κ3) is 3.94. The molecule has 0 spiro atoms. The van der Waals surface area contributed by atoms with Crippen molar-refractivity contribution in [3.63, 3.8) is 0 Å². The van der Waals surface area contributed by atoms with E-state index in [4.69, 9.17) is 16.7 Å². The van der Waals surface area contributed by atoms with Gasteiger partial charge in [0.1, 0.15) is 0 Å². The Balaban J connectivity index is 3.28. The Labute approximate surface area is 124 Å². The molecule has 112 valence electrons. The summed E-state index contributed by atoms with van der Waals surface area (Å²) in [6.45, 7) is 6.09. The van der Waals surface area contributed by atoms with Gasteiger partial charge in [-0.15, -0.1) is 0 Å². The molecule has 0 saturated heterocycles. The fourth-order valence-corrected chi connectivity index (χ4v) is 3.03. The van der Waals surface area contributed by atoms with E-state index in [0.29, 0.717) is 18.0 Å². The number of halogens is 1. The molecule has 0 saturated carbocycles. The summed E-state index contributed by atoms with van der Waals surface area (Å²) in [7, 11) is -2.26. The SMILES string of the molecule is Cc1c(Cl)cc(C(=O)N(C)CC(C)C)cc1S(N)(=O)=O. The van der Waals surface area contributed by atoms with Gasteiger partial charge in [0.2, 0.25) is 10.0 Å². The predicted molar refractivity (Wildman–Crippen MR) is 79.4 cm³/mol. The van der Waals surface area contributed by atoms with Crippen LogP contribution in [0.2, 0.25) is 5.02 Å². The molecule has 0 fully saturated rings. The van der Waals surface area contributed by atoms with Crippen molar-refractivity contribution in [1.29, 1.82) is 0 Å². The summed E-state index contributed by atoms with van der Waals surface area (Å²) in [4.78, 5) is 13.7. The first-order chi connectivity index (χ1) is 9.04. The Kier molecular flexibility index (Phi) is 5.18. The number of hydrogen-bond donors (Lipinski definition) is 1. The fraction of sp³-hybridized carbons (Fsp3) is 0.462. The van der Waals surface area contributed by atoms with Gasteiger partial charge in [-0.25, -0.2) is 13.6 Å². The van der Waals surface area contributed by atoms with Crippen molar-refractivity contribution < 1.29 is 13.2 Å². The van der Waals surface area contributed by atoms with Crippen molar-refractivity contribution in [3.8, 4) is 0 Å². The first-order valence-corrected chi connectivity index (χ1v) is 8.05. The molecule has 0 bridgehead atoms. The molecule has 0 aliphatic heterocycles. The first kappa shape index (κ1) is 16.9. The lowest BCUT2D eigenvalue weighted by molar-refractivity contribution is 0.0779. The van der Waals surface area contributed by atoms with Gasteiger partial charge in [0.25, 0.3) is 5.91 Å². The van der Waals surface area contributed by atoms with Gasteiger partial charge >= 0.3 is 0 Å². The number of carbonyl (C=O) groups excluding carboxylic acids is 1. The molecular formula is C13H19ClN2O3S. The number of carbonyl (C=O) groups is 1. The van der Waals surface area contributed by atoms with E-state index < -0.39 is 10.0 Å². The number of hydrogen-bond acceptors (Lipinski definition) is 3. The number of nitrogens with two attached hydrogens (primary N) is 1. The maximum atomic E-state index is 12.3. The third-order valence-electron chi connectivity index (χ3n) is 2.84. The third-order valence-corrected chi connectivity index (χ3v) is 4.27. The number of amides is 1. The molecule has 0 aliphatic carbocycles. The van der Waals surface area contributed by atoms with E-state index in [2.05, 4.69) is 0 Å². The summed E-state index contributed by atoms with van der Waals surface area (Å²) in [6.07, 6.45) is 0. The lowest BCUT2D eigenvalue weighted by atomic mass is 10.1. The molecule has 0 aliphatic rings. The van der Waals surface area contributed by atoms with Crippen LogP contribution in [-0.4, -0.2) is 32.8 Å². The summed E-state index contributed by atoms with van der Waals surface area (Å²) < 4.78 is 23.0. The zero-order valence-corrected chi connectivity index (χ0v) is 13.5. The molecule has 1 aromatic carbocycles. The van der Waals surface area contributed by atoms with Crippen LogP contribution in [0.1, 0.15) is 29.8 Å². The smallest absolute Gasteiger partial charge is 0.253 e. The van der Waals surface area contributed by atoms with Gasteiger partial charge in [-0.1, -0.05) is 25.4 Å². The van der Waals surface area contributed by atoms with Crippen LogP contribution in [0.4, 0.5) is 0 Å². The number of rotatable bonds is 4. The van der Waals surface area contributed by atoms with Crippen LogP contribution in [0.15, 0.2) is 17.0 Å². The molecule has 7 heteroatoms. The van der Waals surface area contributed by atoms with Crippen LogP contribution >= 0.6 is 11.6 Å². The van der Waals surface area contributed by atoms with Crippen molar-refractivity contribution in [2.75, 3.05) is 13.6 Å². The van der Waals surface area contributed by atoms with Crippen molar-refractivity contribution in [1.82, 2.24) is 4.90 Å². The Hall–Kier alpha value is -1.11.